The minimum absolute atomic E-state index is 0. The van der Waals surface area contributed by atoms with Gasteiger partial charge in [0.2, 0.25) is 0 Å². The Bertz CT molecular complexity index is 299. The van der Waals surface area contributed by atoms with Gasteiger partial charge in [-0.15, -0.1) is 11.4 Å². The Hall–Kier alpha value is -0.297. The van der Waals surface area contributed by atoms with Gasteiger partial charge in [-0.1, -0.05) is 18.2 Å². The van der Waals surface area contributed by atoms with Crippen LogP contribution in [0.25, 0.3) is 5.32 Å². The predicted molar refractivity (Wildman–Crippen MR) is 75.5 cm³/mol. The van der Waals surface area contributed by atoms with Gasteiger partial charge in [-0.25, -0.2) is 0 Å². The number of allylic oxidation sites excluding steroid dienone is 3. The minimum atomic E-state index is -0.333. The van der Waals surface area contributed by atoms with Crippen molar-refractivity contribution in [1.29, 1.82) is 0 Å². The molecule has 0 saturated carbocycles. The summed E-state index contributed by atoms with van der Waals surface area (Å²) in [6.07, 6.45) is 6.24. The van der Waals surface area contributed by atoms with Gasteiger partial charge >= 0.3 is 19.5 Å². The van der Waals surface area contributed by atoms with Gasteiger partial charge in [0, 0.05) is 20.3 Å². The van der Waals surface area contributed by atoms with Gasteiger partial charge < -0.3 is 15.0 Å². The molecule has 1 radical (unpaired) electrons. The molecule has 0 aliphatic carbocycles. The van der Waals surface area contributed by atoms with Crippen molar-refractivity contribution in [2.45, 2.75) is 0 Å². The first-order chi connectivity index (χ1) is 7.58. The molecule has 0 aromatic rings. The molecule has 17 heavy (non-hydrogen) atoms. The molecule has 0 bridgehead atoms. The first kappa shape index (κ1) is 19.1. The molecule has 0 atom stereocenters. The first-order valence-electron chi connectivity index (χ1n) is 5.07. The molecule has 0 saturated heterocycles. The molecule has 0 fully saturated rings. The summed E-state index contributed by atoms with van der Waals surface area (Å²) in [5.41, 5.74) is 2.27. The average Bonchev–Trinajstić information content (AvgIpc) is 2.19. The van der Waals surface area contributed by atoms with Crippen LogP contribution in [0.1, 0.15) is 0 Å². The van der Waals surface area contributed by atoms with Crippen LogP contribution in [0.4, 0.5) is 0 Å². The van der Waals surface area contributed by atoms with E-state index in [9.17, 15) is 0 Å². The second kappa shape index (κ2) is 10.8. The number of likely N-dealkylation sites (N-methyl/N-ethyl adjacent to an activating group) is 1. The molecule has 0 aromatic heterocycles. The molecule has 3 nitrogen and oxygen atoms in total. The summed E-state index contributed by atoms with van der Waals surface area (Å²) < 4.78 is 0. The quantitative estimate of drug-likeness (QED) is 0.341. The molecule has 1 rings (SSSR count). The second-order valence-corrected chi connectivity index (χ2v) is 6.46. The third kappa shape index (κ3) is 9.41. The van der Waals surface area contributed by atoms with Crippen LogP contribution in [0.2, 0.25) is 0 Å². The number of hydrogen-bond donors (Lipinski definition) is 0. The molecule has 1 heterocycles. The van der Waals surface area contributed by atoms with Gasteiger partial charge in [-0.3, -0.25) is 6.79 Å². The molecule has 1 aliphatic heterocycles. The zero-order chi connectivity index (χ0) is 12.6. The molecule has 0 unspecified atom stereocenters. The van der Waals surface area contributed by atoms with Gasteiger partial charge in [0.15, 0.2) is 0 Å². The standard InChI is InChI=1S/C11H18N2P.CHO.Ru.H/c1-13(2)8-10-6-5-7-11(12-10)9-14(3)4;1-2;;/h5-7,9H,8H2,1-4H3;1H;;/q2*-1;+3;/p+1. The van der Waals surface area contributed by atoms with Crippen molar-refractivity contribution < 1.29 is 24.3 Å². The summed E-state index contributed by atoms with van der Waals surface area (Å²) >= 11 is 0. The fraction of sp³-hybridized carbons (Fsp3) is 0.417. The van der Waals surface area contributed by atoms with Crippen LogP contribution in [-0.4, -0.2) is 45.7 Å². The van der Waals surface area contributed by atoms with Crippen LogP contribution in [0.3, 0.4) is 0 Å². The summed E-state index contributed by atoms with van der Waals surface area (Å²) in [5.74, 6) is 2.28. The van der Waals surface area contributed by atoms with Crippen molar-refractivity contribution in [3.8, 4) is 0 Å². The fourth-order valence-electron chi connectivity index (χ4n) is 1.29. The average molecular weight is 341 g/mol. The van der Waals surface area contributed by atoms with Crippen LogP contribution in [0.15, 0.2) is 35.4 Å². The zero-order valence-corrected chi connectivity index (χ0v) is 13.6. The Labute approximate surface area is 119 Å². The van der Waals surface area contributed by atoms with Crippen molar-refractivity contribution in [3.63, 3.8) is 0 Å². The summed E-state index contributed by atoms with van der Waals surface area (Å²) in [6.45, 7) is 8.70. The van der Waals surface area contributed by atoms with E-state index in [4.69, 9.17) is 4.79 Å². The molecule has 0 N–H and O–H groups in total. The van der Waals surface area contributed by atoms with Crippen molar-refractivity contribution >= 4 is 14.7 Å². The van der Waals surface area contributed by atoms with Gasteiger partial charge in [0.25, 0.3) is 0 Å². The Morgan fingerprint density at radius 2 is 2.00 bits per heavy atom. The van der Waals surface area contributed by atoms with E-state index in [1.807, 2.05) is 0 Å². The van der Waals surface area contributed by atoms with Crippen molar-refractivity contribution in [1.82, 2.24) is 4.90 Å². The van der Waals surface area contributed by atoms with Crippen LogP contribution >= 0.6 is 7.92 Å². The molecule has 0 amide bonds. The monoisotopic (exact) mass is 342 g/mol. The normalized spacial score (nSPS) is 15.9. The molecular formula is C12H21N2OPRu+2. The van der Waals surface area contributed by atoms with Gasteiger partial charge in [-0.05, 0) is 14.1 Å². The second-order valence-electron chi connectivity index (χ2n) is 4.01. The van der Waals surface area contributed by atoms with Crippen LogP contribution in [-0.2, 0) is 24.3 Å². The Morgan fingerprint density at radius 1 is 1.41 bits per heavy atom. The van der Waals surface area contributed by atoms with Crippen LogP contribution < -0.4 is 0 Å². The van der Waals surface area contributed by atoms with E-state index in [0.717, 1.165) is 17.9 Å². The summed E-state index contributed by atoms with van der Waals surface area (Å²) in [5, 5.41) is 4.58. The van der Waals surface area contributed by atoms with E-state index in [1.165, 1.54) is 0 Å². The van der Waals surface area contributed by atoms with Crippen molar-refractivity contribution in [2.75, 3.05) is 34.0 Å². The molecule has 0 spiro atoms. The molecule has 0 aromatic carbocycles. The summed E-state index contributed by atoms with van der Waals surface area (Å²) in [7, 11) is 3.79. The van der Waals surface area contributed by atoms with Crippen molar-refractivity contribution in [2.24, 2.45) is 0 Å². The molecular weight excluding hydrogens is 320 g/mol. The predicted octanol–water partition coefficient (Wildman–Crippen LogP) is 2.15. The van der Waals surface area contributed by atoms with E-state index in [2.05, 4.69) is 68.5 Å². The van der Waals surface area contributed by atoms with E-state index >= 15 is 0 Å². The van der Waals surface area contributed by atoms with E-state index in [1.54, 1.807) is 0 Å². The van der Waals surface area contributed by atoms with E-state index in [-0.39, 0.29) is 27.4 Å². The number of nitrogens with zero attached hydrogens (tertiary/aromatic N) is 2. The van der Waals surface area contributed by atoms with Crippen LogP contribution in [0.5, 0.6) is 0 Å². The van der Waals surface area contributed by atoms with Crippen molar-refractivity contribution in [3.05, 3.63) is 40.8 Å². The van der Waals surface area contributed by atoms with E-state index in [0.29, 0.717) is 0 Å². The fourth-order valence-corrected chi connectivity index (χ4v) is 2.04. The molecule has 5 heteroatoms. The number of rotatable bonds is 3. The maximum absolute atomic E-state index is 7.75. The SMILES string of the molecule is CN(C)CC1=CC=CC(=C[PH+](C)C)[N-]1.[CH-]=O.[RuH+3]. The third-order valence-corrected chi connectivity index (χ3v) is 2.62. The third-order valence-electron chi connectivity index (χ3n) is 1.74. The Kier molecular flexibility index (Phi) is 12.1. The number of hydrogen-bond acceptors (Lipinski definition) is 2. The maximum atomic E-state index is 7.75. The Balaban J connectivity index is 0. The summed E-state index contributed by atoms with van der Waals surface area (Å²) in [4.78, 5) is 9.88. The van der Waals surface area contributed by atoms with Gasteiger partial charge in [0.1, 0.15) is 0 Å². The zero-order valence-electron chi connectivity index (χ0n) is 10.8. The molecule has 1 aliphatic rings. The Morgan fingerprint density at radius 3 is 2.47 bits per heavy atom. The summed E-state index contributed by atoms with van der Waals surface area (Å²) in [6, 6.07) is 0. The van der Waals surface area contributed by atoms with Crippen LogP contribution in [0, 0.1) is 0 Å². The first-order valence-corrected chi connectivity index (χ1v) is 7.65. The topological polar surface area (TPSA) is 34.4 Å². The number of carbonyl (C=O) groups excluding carboxylic acids is 1. The molecule has 96 valence electrons. The van der Waals surface area contributed by atoms with E-state index < -0.39 is 0 Å². The van der Waals surface area contributed by atoms with Gasteiger partial charge in [0.05, 0.1) is 13.3 Å². The van der Waals surface area contributed by atoms with Gasteiger partial charge in [-0.2, -0.15) is 0 Å².